The normalized spacial score (nSPS) is 15.9. The Kier molecular flexibility index (Phi) is 3.62. The van der Waals surface area contributed by atoms with E-state index in [4.69, 9.17) is 10.6 Å². The lowest BCUT2D eigenvalue weighted by molar-refractivity contribution is 0.303. The minimum atomic E-state index is -0.217. The maximum Gasteiger partial charge on any atom is 0.150 e. The highest BCUT2D eigenvalue weighted by Crippen LogP contribution is 2.28. The fourth-order valence-electron chi connectivity index (χ4n) is 1.99. The van der Waals surface area contributed by atoms with E-state index in [9.17, 15) is 0 Å². The molecule has 0 spiro atoms. The Balaban J connectivity index is 1.79. The number of ether oxygens (including phenoxy) is 1. The van der Waals surface area contributed by atoms with E-state index >= 15 is 0 Å². The third kappa shape index (κ3) is 2.95. The molecule has 5 heteroatoms. The molecule has 1 heterocycles. The van der Waals surface area contributed by atoms with Crippen molar-refractivity contribution in [2.24, 2.45) is 5.84 Å². The molecule has 1 aliphatic carbocycles. The van der Waals surface area contributed by atoms with Crippen LogP contribution in [0, 0.1) is 6.92 Å². The molecule has 1 atom stereocenters. The molecule has 1 unspecified atom stereocenters. The van der Waals surface area contributed by atoms with Crippen LogP contribution in [0.5, 0.6) is 5.75 Å². The van der Waals surface area contributed by atoms with Gasteiger partial charge in [-0.25, -0.2) is 15.4 Å². The van der Waals surface area contributed by atoms with Crippen molar-refractivity contribution in [1.29, 1.82) is 0 Å². The first kappa shape index (κ1) is 13.0. The average molecular weight is 270 g/mol. The van der Waals surface area contributed by atoms with Gasteiger partial charge in [-0.3, -0.25) is 5.84 Å². The van der Waals surface area contributed by atoms with E-state index in [0.29, 0.717) is 11.9 Å². The van der Waals surface area contributed by atoms with Crippen molar-refractivity contribution in [3.8, 4) is 5.75 Å². The van der Waals surface area contributed by atoms with Gasteiger partial charge in [0.05, 0.1) is 6.10 Å². The molecule has 3 N–H and O–H groups in total. The minimum Gasteiger partial charge on any atom is -0.490 e. The Hall–Kier alpha value is -1.98. The summed E-state index contributed by atoms with van der Waals surface area (Å²) in [5.41, 5.74) is 4.80. The van der Waals surface area contributed by atoms with Crippen LogP contribution in [0.25, 0.3) is 0 Å². The van der Waals surface area contributed by atoms with Crippen molar-refractivity contribution in [1.82, 2.24) is 15.4 Å². The summed E-state index contributed by atoms with van der Waals surface area (Å²) in [6, 6.07) is 7.69. The zero-order valence-corrected chi connectivity index (χ0v) is 11.4. The van der Waals surface area contributed by atoms with Crippen molar-refractivity contribution >= 4 is 0 Å². The molecular weight excluding hydrogens is 252 g/mol. The molecule has 0 amide bonds. The zero-order valence-electron chi connectivity index (χ0n) is 11.4. The fraction of sp³-hybridized carbons (Fsp3) is 0.333. The lowest BCUT2D eigenvalue weighted by Gasteiger charge is -2.15. The van der Waals surface area contributed by atoms with E-state index in [1.165, 1.54) is 0 Å². The number of nitrogens with zero attached hydrogens (tertiary/aromatic N) is 2. The summed E-state index contributed by atoms with van der Waals surface area (Å²) in [4.78, 5) is 8.64. The number of benzene rings is 1. The Bertz CT molecular complexity index is 563. The average Bonchev–Trinajstić information content (AvgIpc) is 3.27. The summed E-state index contributed by atoms with van der Waals surface area (Å²) in [5, 5.41) is 0. The van der Waals surface area contributed by atoms with E-state index in [-0.39, 0.29) is 6.04 Å². The maximum atomic E-state index is 5.73. The molecule has 0 radical (unpaired) electrons. The summed E-state index contributed by atoms with van der Waals surface area (Å²) >= 11 is 0. The van der Waals surface area contributed by atoms with E-state index < -0.39 is 0 Å². The Morgan fingerprint density at radius 2 is 1.85 bits per heavy atom. The van der Waals surface area contributed by atoms with Crippen LogP contribution in [0.3, 0.4) is 0 Å². The SMILES string of the molecule is Cc1cnc(C(NN)c2ccc(OC3CC3)cc2)nc1. The number of hydrogen-bond donors (Lipinski definition) is 2. The van der Waals surface area contributed by atoms with E-state index in [1.54, 1.807) is 12.4 Å². The van der Waals surface area contributed by atoms with E-state index in [0.717, 1.165) is 29.7 Å². The highest BCUT2D eigenvalue weighted by Gasteiger charge is 2.23. The van der Waals surface area contributed by atoms with Gasteiger partial charge in [0.1, 0.15) is 11.8 Å². The molecule has 20 heavy (non-hydrogen) atoms. The van der Waals surface area contributed by atoms with Gasteiger partial charge in [0.15, 0.2) is 5.82 Å². The second-order valence-electron chi connectivity index (χ2n) is 5.10. The van der Waals surface area contributed by atoms with Gasteiger partial charge < -0.3 is 4.74 Å². The van der Waals surface area contributed by atoms with Crippen LogP contribution in [0.1, 0.15) is 35.8 Å². The monoisotopic (exact) mass is 270 g/mol. The van der Waals surface area contributed by atoms with E-state index in [1.807, 2.05) is 31.2 Å². The molecule has 2 aromatic rings. The molecule has 1 aromatic carbocycles. The third-order valence-corrected chi connectivity index (χ3v) is 3.27. The molecule has 1 saturated carbocycles. The zero-order chi connectivity index (χ0) is 13.9. The summed E-state index contributed by atoms with van der Waals surface area (Å²) in [6.45, 7) is 1.96. The molecule has 1 fully saturated rings. The third-order valence-electron chi connectivity index (χ3n) is 3.27. The summed E-state index contributed by atoms with van der Waals surface area (Å²) in [7, 11) is 0. The number of hydrogen-bond acceptors (Lipinski definition) is 5. The van der Waals surface area contributed by atoms with Crippen molar-refractivity contribution in [2.75, 3.05) is 0 Å². The molecule has 0 aliphatic heterocycles. The van der Waals surface area contributed by atoms with Crippen LogP contribution in [-0.4, -0.2) is 16.1 Å². The smallest absolute Gasteiger partial charge is 0.150 e. The van der Waals surface area contributed by atoms with Gasteiger partial charge >= 0.3 is 0 Å². The summed E-state index contributed by atoms with van der Waals surface area (Å²) in [6.07, 6.45) is 6.30. The highest BCUT2D eigenvalue weighted by atomic mass is 16.5. The van der Waals surface area contributed by atoms with E-state index in [2.05, 4.69) is 15.4 Å². The first-order valence-electron chi connectivity index (χ1n) is 6.77. The Morgan fingerprint density at radius 1 is 1.20 bits per heavy atom. The van der Waals surface area contributed by atoms with Gasteiger partial charge in [0.25, 0.3) is 0 Å². The van der Waals surface area contributed by atoms with Crippen LogP contribution < -0.4 is 16.0 Å². The number of rotatable bonds is 5. The standard InChI is InChI=1S/C15H18N4O/c1-10-8-17-15(18-9-10)14(19-16)11-2-4-12(5-3-11)20-13-6-7-13/h2-5,8-9,13-14,19H,6-7,16H2,1H3. The van der Waals surface area contributed by atoms with Crippen molar-refractivity contribution in [3.05, 3.63) is 53.6 Å². The lowest BCUT2D eigenvalue weighted by Crippen LogP contribution is -2.30. The van der Waals surface area contributed by atoms with Gasteiger partial charge in [-0.15, -0.1) is 0 Å². The Morgan fingerprint density at radius 3 is 2.40 bits per heavy atom. The highest BCUT2D eigenvalue weighted by molar-refractivity contribution is 5.32. The number of hydrazine groups is 1. The molecule has 1 aromatic heterocycles. The van der Waals surface area contributed by atoms with Crippen molar-refractivity contribution in [3.63, 3.8) is 0 Å². The quantitative estimate of drug-likeness (QED) is 0.641. The molecule has 0 bridgehead atoms. The fourth-order valence-corrected chi connectivity index (χ4v) is 1.99. The minimum absolute atomic E-state index is 0.217. The van der Waals surface area contributed by atoms with Crippen molar-refractivity contribution < 1.29 is 4.74 Å². The van der Waals surface area contributed by atoms with Crippen LogP contribution in [-0.2, 0) is 0 Å². The van der Waals surface area contributed by atoms with Crippen LogP contribution >= 0.6 is 0 Å². The predicted molar refractivity (Wildman–Crippen MR) is 76.0 cm³/mol. The van der Waals surface area contributed by atoms with Crippen LogP contribution in [0.15, 0.2) is 36.7 Å². The van der Waals surface area contributed by atoms with Gasteiger partial charge in [0.2, 0.25) is 0 Å². The van der Waals surface area contributed by atoms with Crippen LogP contribution in [0.2, 0.25) is 0 Å². The second-order valence-corrected chi connectivity index (χ2v) is 5.10. The molecule has 104 valence electrons. The molecule has 3 rings (SSSR count). The summed E-state index contributed by atoms with van der Waals surface area (Å²) in [5.74, 6) is 7.20. The molecule has 1 aliphatic rings. The van der Waals surface area contributed by atoms with Crippen molar-refractivity contribution in [2.45, 2.75) is 31.9 Å². The van der Waals surface area contributed by atoms with Crippen LogP contribution in [0.4, 0.5) is 0 Å². The predicted octanol–water partition coefficient (Wildman–Crippen LogP) is 1.88. The molecular formula is C15H18N4O. The number of nitrogens with one attached hydrogen (secondary N) is 1. The second kappa shape index (κ2) is 5.56. The molecule has 0 saturated heterocycles. The Labute approximate surface area is 118 Å². The number of aryl methyl sites for hydroxylation is 1. The topological polar surface area (TPSA) is 73.1 Å². The lowest BCUT2D eigenvalue weighted by atomic mass is 10.1. The first-order valence-corrected chi connectivity index (χ1v) is 6.77. The van der Waals surface area contributed by atoms with Gasteiger partial charge in [-0.1, -0.05) is 12.1 Å². The summed E-state index contributed by atoms with van der Waals surface area (Å²) < 4.78 is 5.73. The van der Waals surface area contributed by atoms with Gasteiger partial charge in [-0.05, 0) is 43.0 Å². The largest absolute Gasteiger partial charge is 0.490 e. The van der Waals surface area contributed by atoms with Gasteiger partial charge in [-0.2, -0.15) is 0 Å². The molecule has 5 nitrogen and oxygen atoms in total. The first-order chi connectivity index (χ1) is 9.76. The number of nitrogens with two attached hydrogens (primary N) is 1. The van der Waals surface area contributed by atoms with Gasteiger partial charge in [0, 0.05) is 12.4 Å². The maximum absolute atomic E-state index is 5.73. The number of aromatic nitrogens is 2.